The van der Waals surface area contributed by atoms with Crippen LogP contribution < -0.4 is 10.6 Å². The molecule has 30 heavy (non-hydrogen) atoms. The van der Waals surface area contributed by atoms with Crippen molar-refractivity contribution in [3.63, 3.8) is 0 Å². The highest BCUT2D eigenvalue weighted by atomic mass is 32.2. The van der Waals surface area contributed by atoms with E-state index >= 15 is 0 Å². The van der Waals surface area contributed by atoms with E-state index in [2.05, 4.69) is 21.7 Å². The van der Waals surface area contributed by atoms with Crippen molar-refractivity contribution in [2.45, 2.75) is 48.7 Å². The molecule has 2 fully saturated rings. The molecule has 2 bridgehead atoms. The summed E-state index contributed by atoms with van der Waals surface area (Å²) in [5.41, 5.74) is 2.45. The molecule has 1 aromatic carbocycles. The summed E-state index contributed by atoms with van der Waals surface area (Å²) in [6.07, 6.45) is 6.18. The Bertz CT molecular complexity index is 1070. The first-order valence-corrected chi connectivity index (χ1v) is 11.9. The minimum absolute atomic E-state index is 0.0828. The van der Waals surface area contributed by atoms with Gasteiger partial charge < -0.3 is 10.6 Å². The fourth-order valence-corrected chi connectivity index (χ4v) is 4.92. The quantitative estimate of drug-likeness (QED) is 0.732. The number of nitrogens with zero attached hydrogens (tertiary/aromatic N) is 2. The van der Waals surface area contributed by atoms with Crippen LogP contribution in [0.3, 0.4) is 0 Å². The van der Waals surface area contributed by atoms with Crippen LogP contribution in [0.15, 0.2) is 47.5 Å². The highest BCUT2D eigenvalue weighted by Crippen LogP contribution is 2.35. The first kappa shape index (κ1) is 20.5. The molecule has 2 aliphatic rings. The summed E-state index contributed by atoms with van der Waals surface area (Å²) in [6.45, 7) is 0. The lowest BCUT2D eigenvalue weighted by molar-refractivity contribution is -0.124. The molecule has 4 rings (SSSR count). The Kier molecular flexibility index (Phi) is 5.58. The van der Waals surface area contributed by atoms with E-state index in [9.17, 15) is 18.5 Å². The second-order valence-corrected chi connectivity index (χ2v) is 10.2. The molecular weight excluding hydrogens is 400 g/mol. The number of fused-ring (bicyclic) bond motifs is 2. The number of hydrogen-bond donors (Lipinski definition) is 2. The number of carbonyl (C=O) groups is 1. The van der Waals surface area contributed by atoms with Crippen molar-refractivity contribution in [1.29, 1.82) is 5.26 Å². The summed E-state index contributed by atoms with van der Waals surface area (Å²) < 4.78 is 23.1. The van der Waals surface area contributed by atoms with Crippen molar-refractivity contribution >= 4 is 15.7 Å². The Morgan fingerprint density at radius 1 is 1.27 bits per heavy atom. The maximum absolute atomic E-state index is 12.6. The number of nitriles is 1. The SMILES string of the molecule is CS(=O)(=O)c1ccc(-c2ccc(CC(C#N)NC(=O)C3NC4CCC3C4)cc2)nc1. The molecular formula is C22H24N4O3S. The molecule has 1 aliphatic carbocycles. The number of piperidine rings is 1. The van der Waals surface area contributed by atoms with Gasteiger partial charge in [0.15, 0.2) is 9.84 Å². The Morgan fingerprint density at radius 3 is 2.57 bits per heavy atom. The number of nitrogens with one attached hydrogen (secondary N) is 2. The fourth-order valence-electron chi connectivity index (χ4n) is 4.36. The van der Waals surface area contributed by atoms with E-state index in [4.69, 9.17) is 0 Å². The van der Waals surface area contributed by atoms with Crippen LogP contribution in [0.25, 0.3) is 11.3 Å². The maximum atomic E-state index is 12.6. The van der Waals surface area contributed by atoms with Crippen LogP contribution >= 0.6 is 0 Å². The van der Waals surface area contributed by atoms with Gasteiger partial charge in [0.1, 0.15) is 6.04 Å². The molecule has 0 radical (unpaired) electrons. The molecule has 1 saturated carbocycles. The van der Waals surface area contributed by atoms with Gasteiger partial charge in [0, 0.05) is 30.5 Å². The van der Waals surface area contributed by atoms with Crippen LogP contribution in [0.2, 0.25) is 0 Å². The number of hydrogen-bond acceptors (Lipinski definition) is 6. The van der Waals surface area contributed by atoms with Crippen molar-refractivity contribution in [3.8, 4) is 17.3 Å². The number of benzene rings is 1. The highest BCUT2D eigenvalue weighted by Gasteiger charge is 2.43. The van der Waals surface area contributed by atoms with Crippen LogP contribution in [0.5, 0.6) is 0 Å². The fraction of sp³-hybridized carbons (Fsp3) is 0.409. The molecule has 8 heteroatoms. The average molecular weight is 425 g/mol. The zero-order valence-electron chi connectivity index (χ0n) is 16.7. The lowest BCUT2D eigenvalue weighted by Crippen LogP contribution is -2.50. The second-order valence-electron chi connectivity index (χ2n) is 8.16. The van der Waals surface area contributed by atoms with Crippen molar-refractivity contribution in [2.24, 2.45) is 5.92 Å². The third-order valence-corrected chi connectivity index (χ3v) is 7.07. The highest BCUT2D eigenvalue weighted by molar-refractivity contribution is 7.90. The Morgan fingerprint density at radius 2 is 2.03 bits per heavy atom. The minimum atomic E-state index is -3.28. The van der Waals surface area contributed by atoms with Gasteiger partial charge in [-0.05, 0) is 42.9 Å². The van der Waals surface area contributed by atoms with Crippen molar-refractivity contribution < 1.29 is 13.2 Å². The molecule has 2 aromatic rings. The normalized spacial score (nSPS) is 23.7. The van der Waals surface area contributed by atoms with Crippen molar-refractivity contribution in [3.05, 3.63) is 48.2 Å². The van der Waals surface area contributed by atoms with Crippen LogP contribution in [0.4, 0.5) is 0 Å². The van der Waals surface area contributed by atoms with Crippen molar-refractivity contribution in [1.82, 2.24) is 15.6 Å². The van der Waals surface area contributed by atoms with E-state index in [1.165, 1.54) is 12.3 Å². The van der Waals surface area contributed by atoms with Crippen LogP contribution in [-0.4, -0.2) is 43.7 Å². The summed E-state index contributed by atoms with van der Waals surface area (Å²) >= 11 is 0. The Labute approximate surface area is 176 Å². The van der Waals surface area contributed by atoms with E-state index in [0.717, 1.165) is 36.6 Å². The topological polar surface area (TPSA) is 112 Å². The molecule has 4 unspecified atom stereocenters. The monoisotopic (exact) mass is 424 g/mol. The third kappa shape index (κ3) is 4.37. The molecule has 2 heterocycles. The number of pyridine rings is 1. The number of carbonyl (C=O) groups excluding carboxylic acids is 1. The predicted molar refractivity (Wildman–Crippen MR) is 112 cm³/mol. The third-order valence-electron chi connectivity index (χ3n) is 5.97. The number of rotatable bonds is 6. The molecule has 1 aromatic heterocycles. The molecule has 0 spiro atoms. The maximum Gasteiger partial charge on any atom is 0.238 e. The van der Waals surface area contributed by atoms with E-state index < -0.39 is 15.9 Å². The zero-order chi connectivity index (χ0) is 21.3. The molecule has 7 nitrogen and oxygen atoms in total. The van der Waals surface area contributed by atoms with Gasteiger partial charge >= 0.3 is 0 Å². The van der Waals surface area contributed by atoms with Gasteiger partial charge in [-0.15, -0.1) is 0 Å². The van der Waals surface area contributed by atoms with Gasteiger partial charge in [-0.3, -0.25) is 9.78 Å². The summed E-state index contributed by atoms with van der Waals surface area (Å²) in [7, 11) is -3.28. The van der Waals surface area contributed by atoms with E-state index in [0.29, 0.717) is 24.1 Å². The van der Waals surface area contributed by atoms with Gasteiger partial charge in [-0.2, -0.15) is 5.26 Å². The van der Waals surface area contributed by atoms with Gasteiger partial charge in [0.05, 0.1) is 22.7 Å². The average Bonchev–Trinajstić information content (AvgIpc) is 3.37. The van der Waals surface area contributed by atoms with Gasteiger partial charge in [0.2, 0.25) is 5.91 Å². The summed E-state index contributed by atoms with van der Waals surface area (Å²) in [6, 6.07) is 12.6. The summed E-state index contributed by atoms with van der Waals surface area (Å²) in [5.74, 6) is 0.302. The van der Waals surface area contributed by atoms with Crippen LogP contribution in [0.1, 0.15) is 24.8 Å². The minimum Gasteiger partial charge on any atom is -0.339 e. The van der Waals surface area contributed by atoms with Crippen LogP contribution in [0, 0.1) is 17.2 Å². The van der Waals surface area contributed by atoms with E-state index in [-0.39, 0.29) is 16.8 Å². The molecule has 1 saturated heterocycles. The molecule has 1 aliphatic heterocycles. The molecule has 156 valence electrons. The van der Waals surface area contributed by atoms with Gasteiger partial charge in [0.25, 0.3) is 0 Å². The first-order valence-electron chi connectivity index (χ1n) is 10.0. The molecule has 4 atom stereocenters. The van der Waals surface area contributed by atoms with E-state index in [1.807, 2.05) is 24.3 Å². The molecule has 1 amide bonds. The standard InChI is InChI=1S/C22H24N4O3S/c1-30(28,29)19-8-9-20(24-13-19)15-4-2-14(3-5-15)10-18(12-23)26-22(27)21-16-6-7-17(11-16)25-21/h2-5,8-9,13,16-18,21,25H,6-7,10-11H2,1H3,(H,26,27). The largest absolute Gasteiger partial charge is 0.339 e. The Hall–Kier alpha value is -2.76. The first-order chi connectivity index (χ1) is 14.3. The van der Waals surface area contributed by atoms with Crippen LogP contribution in [-0.2, 0) is 21.1 Å². The smallest absolute Gasteiger partial charge is 0.238 e. The van der Waals surface area contributed by atoms with Gasteiger partial charge in [-0.1, -0.05) is 24.3 Å². The lowest BCUT2D eigenvalue weighted by Gasteiger charge is -2.23. The van der Waals surface area contributed by atoms with Gasteiger partial charge in [-0.25, -0.2) is 8.42 Å². The zero-order valence-corrected chi connectivity index (χ0v) is 17.5. The number of amides is 1. The van der Waals surface area contributed by atoms with Crippen molar-refractivity contribution in [2.75, 3.05) is 6.26 Å². The Balaban J connectivity index is 1.38. The predicted octanol–water partition coefficient (Wildman–Crippen LogP) is 1.84. The lowest BCUT2D eigenvalue weighted by atomic mass is 9.98. The second kappa shape index (κ2) is 8.17. The van der Waals surface area contributed by atoms with E-state index in [1.54, 1.807) is 6.07 Å². The summed E-state index contributed by atoms with van der Waals surface area (Å²) in [5, 5.41) is 15.7. The molecule has 2 N–H and O–H groups in total. The number of sulfone groups is 1. The number of aromatic nitrogens is 1. The summed E-state index contributed by atoms with van der Waals surface area (Å²) in [4.78, 5) is 17.0.